The van der Waals surface area contributed by atoms with Gasteiger partial charge >= 0.3 is 0 Å². The Balaban J connectivity index is 3.19. The lowest BCUT2D eigenvalue weighted by molar-refractivity contribution is 0.101. The van der Waals surface area contributed by atoms with Crippen molar-refractivity contribution in [3.05, 3.63) is 23.4 Å². The zero-order valence-electron chi connectivity index (χ0n) is 8.16. The van der Waals surface area contributed by atoms with Gasteiger partial charge in [-0.15, -0.1) is 0 Å². The summed E-state index contributed by atoms with van der Waals surface area (Å²) in [5, 5.41) is 0. The van der Waals surface area contributed by atoms with E-state index in [2.05, 4.69) is 18.8 Å². The number of carbonyl (C=O) groups is 1. The Hall–Kier alpha value is -1.38. The van der Waals surface area contributed by atoms with Crippen LogP contribution < -0.4 is 5.73 Å². The minimum atomic E-state index is -0.0347. The number of anilines is 1. The number of aromatic nitrogens is 1. The van der Waals surface area contributed by atoms with Crippen LogP contribution in [0.2, 0.25) is 0 Å². The summed E-state index contributed by atoms with van der Waals surface area (Å²) in [7, 11) is 0. The minimum absolute atomic E-state index is 0.0347. The summed E-state index contributed by atoms with van der Waals surface area (Å²) in [5.41, 5.74) is 7.12. The maximum atomic E-state index is 11.1. The molecule has 1 aromatic heterocycles. The van der Waals surface area contributed by atoms with Gasteiger partial charge in [0.2, 0.25) is 0 Å². The van der Waals surface area contributed by atoms with Crippen molar-refractivity contribution in [3.8, 4) is 0 Å². The predicted octanol–water partition coefficient (Wildman–Crippen LogP) is 1.99. The molecule has 1 rings (SSSR count). The van der Waals surface area contributed by atoms with E-state index >= 15 is 0 Å². The second kappa shape index (κ2) is 3.56. The number of hydrogen-bond acceptors (Lipinski definition) is 3. The van der Waals surface area contributed by atoms with Crippen LogP contribution >= 0.6 is 0 Å². The van der Waals surface area contributed by atoms with Crippen LogP contribution in [0.25, 0.3) is 0 Å². The van der Waals surface area contributed by atoms with Gasteiger partial charge in [0, 0.05) is 6.20 Å². The molecule has 0 fully saturated rings. The van der Waals surface area contributed by atoms with Crippen LogP contribution in [0.1, 0.15) is 42.6 Å². The molecule has 0 unspecified atom stereocenters. The molecule has 1 heterocycles. The van der Waals surface area contributed by atoms with Crippen LogP contribution in [-0.4, -0.2) is 10.8 Å². The average Bonchev–Trinajstić information content (AvgIpc) is 2.04. The van der Waals surface area contributed by atoms with Crippen molar-refractivity contribution in [3.63, 3.8) is 0 Å². The van der Waals surface area contributed by atoms with Gasteiger partial charge in [-0.25, -0.2) is 4.98 Å². The summed E-state index contributed by atoms with van der Waals surface area (Å²) in [6, 6.07) is 1.81. The molecule has 0 saturated carbocycles. The molecule has 0 saturated heterocycles. The molecule has 0 aromatic carbocycles. The molecular formula is C10H14N2O. The standard InChI is InChI=1S/C10H14N2O/c1-6(2)8-4-9(7(3)13)10(11)12-5-8/h4-6H,1-3H3,(H2,11,12). The summed E-state index contributed by atoms with van der Waals surface area (Å²) in [6.45, 7) is 5.60. The number of nitrogens with zero attached hydrogens (tertiary/aromatic N) is 1. The number of Topliss-reactive ketones (excluding diaryl/α,β-unsaturated/α-hetero) is 1. The van der Waals surface area contributed by atoms with Gasteiger partial charge in [-0.1, -0.05) is 13.8 Å². The molecule has 0 bridgehead atoms. The minimum Gasteiger partial charge on any atom is -0.383 e. The molecule has 0 amide bonds. The van der Waals surface area contributed by atoms with E-state index in [1.54, 1.807) is 6.20 Å². The molecule has 1 aromatic rings. The fourth-order valence-corrected chi connectivity index (χ4v) is 1.09. The molecule has 0 aliphatic rings. The Labute approximate surface area is 78.0 Å². The Bertz CT molecular complexity index is 332. The van der Waals surface area contributed by atoms with Crippen LogP contribution in [-0.2, 0) is 0 Å². The highest BCUT2D eigenvalue weighted by Gasteiger charge is 2.08. The third kappa shape index (κ3) is 2.05. The second-order valence-electron chi connectivity index (χ2n) is 3.41. The summed E-state index contributed by atoms with van der Waals surface area (Å²) in [5.74, 6) is 0.649. The van der Waals surface area contributed by atoms with Gasteiger partial charge in [0.25, 0.3) is 0 Å². The third-order valence-electron chi connectivity index (χ3n) is 1.99. The van der Waals surface area contributed by atoms with Gasteiger partial charge in [-0.3, -0.25) is 4.79 Å². The first-order valence-corrected chi connectivity index (χ1v) is 4.28. The van der Waals surface area contributed by atoms with Gasteiger partial charge in [-0.2, -0.15) is 0 Å². The van der Waals surface area contributed by atoms with Gasteiger partial charge in [0.1, 0.15) is 5.82 Å². The van der Waals surface area contributed by atoms with E-state index in [9.17, 15) is 4.79 Å². The van der Waals surface area contributed by atoms with Crippen molar-refractivity contribution in [2.75, 3.05) is 5.73 Å². The van der Waals surface area contributed by atoms with Crippen LogP contribution in [0, 0.1) is 0 Å². The number of rotatable bonds is 2. The zero-order valence-corrected chi connectivity index (χ0v) is 8.16. The van der Waals surface area contributed by atoms with Crippen molar-refractivity contribution in [1.82, 2.24) is 4.98 Å². The van der Waals surface area contributed by atoms with Crippen molar-refractivity contribution >= 4 is 11.6 Å². The first-order chi connectivity index (χ1) is 6.02. The molecule has 0 aliphatic carbocycles. The lowest BCUT2D eigenvalue weighted by Gasteiger charge is -2.07. The fourth-order valence-electron chi connectivity index (χ4n) is 1.09. The second-order valence-corrected chi connectivity index (χ2v) is 3.41. The number of nitrogen functional groups attached to an aromatic ring is 1. The molecule has 13 heavy (non-hydrogen) atoms. The Morgan fingerprint density at radius 2 is 2.15 bits per heavy atom. The molecule has 0 radical (unpaired) electrons. The highest BCUT2D eigenvalue weighted by Crippen LogP contribution is 2.18. The highest BCUT2D eigenvalue weighted by molar-refractivity contribution is 5.98. The first kappa shape index (κ1) is 9.71. The van der Waals surface area contributed by atoms with Gasteiger partial charge in [-0.05, 0) is 24.5 Å². The molecule has 3 heteroatoms. The summed E-state index contributed by atoms with van der Waals surface area (Å²) < 4.78 is 0. The van der Waals surface area contributed by atoms with Crippen molar-refractivity contribution in [1.29, 1.82) is 0 Å². The highest BCUT2D eigenvalue weighted by atomic mass is 16.1. The van der Waals surface area contributed by atoms with Gasteiger partial charge < -0.3 is 5.73 Å². The number of carbonyl (C=O) groups excluding carboxylic acids is 1. The van der Waals surface area contributed by atoms with E-state index in [-0.39, 0.29) is 5.78 Å². The molecule has 0 atom stereocenters. The number of pyridine rings is 1. The molecule has 0 aliphatic heterocycles. The van der Waals surface area contributed by atoms with E-state index in [1.807, 2.05) is 6.07 Å². The lowest BCUT2D eigenvalue weighted by Crippen LogP contribution is -2.04. The molecule has 2 N–H and O–H groups in total. The third-order valence-corrected chi connectivity index (χ3v) is 1.99. The van der Waals surface area contributed by atoms with Crippen molar-refractivity contribution in [2.24, 2.45) is 0 Å². The van der Waals surface area contributed by atoms with E-state index in [1.165, 1.54) is 6.92 Å². The maximum Gasteiger partial charge on any atom is 0.163 e. The number of nitrogens with two attached hydrogens (primary N) is 1. The van der Waals surface area contributed by atoms with E-state index < -0.39 is 0 Å². The van der Waals surface area contributed by atoms with Crippen LogP contribution in [0.4, 0.5) is 5.82 Å². The summed E-state index contributed by atoms with van der Waals surface area (Å²) >= 11 is 0. The smallest absolute Gasteiger partial charge is 0.163 e. The molecular weight excluding hydrogens is 164 g/mol. The SMILES string of the molecule is CC(=O)c1cc(C(C)C)cnc1N. The normalized spacial score (nSPS) is 10.5. The average molecular weight is 178 g/mol. The molecule has 70 valence electrons. The first-order valence-electron chi connectivity index (χ1n) is 4.28. The van der Waals surface area contributed by atoms with Crippen molar-refractivity contribution in [2.45, 2.75) is 26.7 Å². The van der Waals surface area contributed by atoms with Crippen LogP contribution in [0.5, 0.6) is 0 Å². The van der Waals surface area contributed by atoms with Crippen LogP contribution in [0.3, 0.4) is 0 Å². The number of hydrogen-bond donors (Lipinski definition) is 1. The molecule has 0 spiro atoms. The maximum absolute atomic E-state index is 11.1. The van der Waals surface area contributed by atoms with Gasteiger partial charge in [0.05, 0.1) is 5.56 Å². The largest absolute Gasteiger partial charge is 0.383 e. The van der Waals surface area contributed by atoms with E-state index in [4.69, 9.17) is 5.73 Å². The van der Waals surface area contributed by atoms with E-state index in [0.29, 0.717) is 17.3 Å². The Morgan fingerprint density at radius 3 is 2.62 bits per heavy atom. The summed E-state index contributed by atoms with van der Waals surface area (Å²) in [6.07, 6.45) is 1.71. The molecule has 3 nitrogen and oxygen atoms in total. The lowest BCUT2D eigenvalue weighted by atomic mass is 10.0. The Kier molecular flexibility index (Phi) is 2.66. The predicted molar refractivity (Wildman–Crippen MR) is 52.7 cm³/mol. The topological polar surface area (TPSA) is 56.0 Å². The van der Waals surface area contributed by atoms with Crippen molar-refractivity contribution < 1.29 is 4.79 Å². The Morgan fingerprint density at radius 1 is 1.54 bits per heavy atom. The van der Waals surface area contributed by atoms with E-state index in [0.717, 1.165) is 5.56 Å². The van der Waals surface area contributed by atoms with Crippen LogP contribution in [0.15, 0.2) is 12.3 Å². The van der Waals surface area contributed by atoms with Gasteiger partial charge in [0.15, 0.2) is 5.78 Å². The fraction of sp³-hybridized carbons (Fsp3) is 0.400. The number of ketones is 1. The summed E-state index contributed by atoms with van der Waals surface area (Å²) in [4.78, 5) is 15.1. The zero-order chi connectivity index (χ0) is 10.0. The monoisotopic (exact) mass is 178 g/mol. The quantitative estimate of drug-likeness (QED) is 0.704.